The van der Waals surface area contributed by atoms with Crippen LogP contribution in [0.5, 0.6) is 5.75 Å². The van der Waals surface area contributed by atoms with Gasteiger partial charge in [0.2, 0.25) is 0 Å². The zero-order valence-electron chi connectivity index (χ0n) is 12.3. The van der Waals surface area contributed by atoms with Gasteiger partial charge in [-0.05, 0) is 38.3 Å². The predicted octanol–water partition coefficient (Wildman–Crippen LogP) is 2.80. The van der Waals surface area contributed by atoms with Crippen LogP contribution in [0.2, 0.25) is 0 Å². The van der Waals surface area contributed by atoms with Gasteiger partial charge in [-0.1, -0.05) is 0 Å². The number of carbonyl (C=O) groups is 2. The molecule has 1 atom stereocenters. The van der Waals surface area contributed by atoms with Crippen LogP contribution in [0.3, 0.4) is 0 Å². The number of hydrogen-bond donors (Lipinski definition) is 2. The average Bonchev–Trinajstić information content (AvgIpc) is 2.47. The van der Waals surface area contributed by atoms with E-state index in [0.29, 0.717) is 12.3 Å². The van der Waals surface area contributed by atoms with Crippen LogP contribution in [-0.4, -0.2) is 41.7 Å². The first-order valence-electron chi connectivity index (χ1n) is 7.02. The van der Waals surface area contributed by atoms with E-state index < -0.39 is 5.97 Å². The molecule has 2 amide bonds. The molecule has 2 rings (SSSR count). The Bertz CT molecular complexity index is 544. The summed E-state index contributed by atoms with van der Waals surface area (Å²) in [6.07, 6.45) is 3.06. The second-order valence-electron chi connectivity index (χ2n) is 5.19. The molecule has 2 N–H and O–H groups in total. The van der Waals surface area contributed by atoms with Crippen LogP contribution in [0, 0.1) is 0 Å². The fourth-order valence-electron chi connectivity index (χ4n) is 2.53. The van der Waals surface area contributed by atoms with E-state index >= 15 is 0 Å². The van der Waals surface area contributed by atoms with Gasteiger partial charge in [-0.3, -0.25) is 0 Å². The largest absolute Gasteiger partial charge is 0.497 e. The smallest absolute Gasteiger partial charge is 0.337 e. The van der Waals surface area contributed by atoms with Gasteiger partial charge in [0.25, 0.3) is 0 Å². The lowest BCUT2D eigenvalue weighted by Gasteiger charge is -2.33. The third-order valence-corrected chi connectivity index (χ3v) is 3.76. The van der Waals surface area contributed by atoms with Gasteiger partial charge >= 0.3 is 12.0 Å². The first-order valence-corrected chi connectivity index (χ1v) is 7.02. The van der Waals surface area contributed by atoms with Crippen LogP contribution >= 0.6 is 0 Å². The number of aromatic carboxylic acids is 1. The fraction of sp³-hybridized carbons (Fsp3) is 0.467. The zero-order valence-corrected chi connectivity index (χ0v) is 12.3. The van der Waals surface area contributed by atoms with Crippen molar-refractivity contribution < 1.29 is 19.4 Å². The number of nitrogens with one attached hydrogen (secondary N) is 1. The monoisotopic (exact) mass is 292 g/mol. The second kappa shape index (κ2) is 6.47. The van der Waals surface area contributed by atoms with Gasteiger partial charge in [-0.15, -0.1) is 0 Å². The van der Waals surface area contributed by atoms with Crippen LogP contribution in [0.25, 0.3) is 0 Å². The molecule has 21 heavy (non-hydrogen) atoms. The quantitative estimate of drug-likeness (QED) is 0.898. The molecule has 0 aromatic heterocycles. The van der Waals surface area contributed by atoms with Crippen molar-refractivity contribution >= 4 is 17.7 Å². The zero-order chi connectivity index (χ0) is 15.4. The molecule has 1 aliphatic heterocycles. The Kier molecular flexibility index (Phi) is 4.67. The molecule has 0 aliphatic carbocycles. The molecule has 1 saturated heterocycles. The molecular weight excluding hydrogens is 272 g/mol. The number of piperidine rings is 1. The Labute approximate surface area is 123 Å². The number of methoxy groups -OCH3 is 1. The number of urea groups is 1. The summed E-state index contributed by atoms with van der Waals surface area (Å²) >= 11 is 0. The lowest BCUT2D eigenvalue weighted by atomic mass is 10.0. The lowest BCUT2D eigenvalue weighted by Crippen LogP contribution is -2.44. The van der Waals surface area contributed by atoms with Crippen molar-refractivity contribution in [3.05, 3.63) is 23.8 Å². The molecular formula is C15H20N2O4. The molecule has 1 fully saturated rings. The second-order valence-corrected chi connectivity index (χ2v) is 5.19. The first kappa shape index (κ1) is 15.2. The molecule has 114 valence electrons. The number of ether oxygens (including phenoxy) is 1. The van der Waals surface area contributed by atoms with Crippen molar-refractivity contribution in [2.75, 3.05) is 19.0 Å². The van der Waals surface area contributed by atoms with Crippen LogP contribution in [0.1, 0.15) is 36.5 Å². The molecule has 1 aliphatic rings. The van der Waals surface area contributed by atoms with E-state index in [1.54, 1.807) is 11.0 Å². The summed E-state index contributed by atoms with van der Waals surface area (Å²) in [7, 11) is 1.49. The highest BCUT2D eigenvalue weighted by Gasteiger charge is 2.24. The summed E-state index contributed by atoms with van der Waals surface area (Å²) < 4.78 is 5.08. The number of hydrogen-bond acceptors (Lipinski definition) is 3. The van der Waals surface area contributed by atoms with E-state index in [9.17, 15) is 14.7 Å². The number of anilines is 1. The summed E-state index contributed by atoms with van der Waals surface area (Å²) in [5, 5.41) is 11.9. The normalized spacial score (nSPS) is 18.2. The third-order valence-electron chi connectivity index (χ3n) is 3.76. The number of amides is 2. The maximum atomic E-state index is 12.3. The van der Waals surface area contributed by atoms with Crippen molar-refractivity contribution in [1.82, 2.24) is 4.90 Å². The molecule has 0 radical (unpaired) electrons. The van der Waals surface area contributed by atoms with Gasteiger partial charge in [0.1, 0.15) is 5.75 Å². The number of nitrogens with zero attached hydrogens (tertiary/aromatic N) is 1. The Morgan fingerprint density at radius 3 is 2.76 bits per heavy atom. The van der Waals surface area contributed by atoms with Gasteiger partial charge in [-0.2, -0.15) is 0 Å². The van der Waals surface area contributed by atoms with Crippen LogP contribution in [0.4, 0.5) is 10.5 Å². The van der Waals surface area contributed by atoms with Gasteiger partial charge in [-0.25, -0.2) is 9.59 Å². The van der Waals surface area contributed by atoms with Crippen molar-refractivity contribution in [2.45, 2.75) is 32.2 Å². The molecule has 0 spiro atoms. The molecule has 1 heterocycles. The van der Waals surface area contributed by atoms with Crippen molar-refractivity contribution in [1.29, 1.82) is 0 Å². The van der Waals surface area contributed by atoms with E-state index in [4.69, 9.17) is 4.74 Å². The molecule has 6 heteroatoms. The van der Waals surface area contributed by atoms with E-state index in [-0.39, 0.29) is 23.3 Å². The topological polar surface area (TPSA) is 78.9 Å². The Morgan fingerprint density at radius 1 is 1.38 bits per heavy atom. The van der Waals surface area contributed by atoms with Gasteiger partial charge in [0, 0.05) is 18.7 Å². The minimum absolute atomic E-state index is 0.0498. The molecule has 0 saturated carbocycles. The summed E-state index contributed by atoms with van der Waals surface area (Å²) in [6, 6.07) is 4.41. The SMILES string of the molecule is COc1ccc(C(=O)O)c(NC(=O)N2CCCCC2C)c1. The highest BCUT2D eigenvalue weighted by molar-refractivity contribution is 6.00. The van der Waals surface area contributed by atoms with Crippen molar-refractivity contribution in [2.24, 2.45) is 0 Å². The van der Waals surface area contributed by atoms with E-state index in [1.807, 2.05) is 6.92 Å². The van der Waals surface area contributed by atoms with Gasteiger partial charge in [0.05, 0.1) is 18.4 Å². The maximum Gasteiger partial charge on any atom is 0.337 e. The van der Waals surface area contributed by atoms with E-state index in [1.165, 1.54) is 19.2 Å². The summed E-state index contributed by atoms with van der Waals surface area (Å²) in [4.78, 5) is 25.3. The standard InChI is InChI=1S/C15H20N2O4/c1-10-5-3-4-8-17(10)15(20)16-13-9-11(21-2)6-7-12(13)14(18)19/h6-7,9-10H,3-5,8H2,1-2H3,(H,16,20)(H,18,19). The summed E-state index contributed by atoms with van der Waals surface area (Å²) in [5.74, 6) is -0.582. The van der Waals surface area contributed by atoms with E-state index in [2.05, 4.69) is 5.32 Å². The lowest BCUT2D eigenvalue weighted by molar-refractivity contribution is 0.0698. The number of carboxylic acid groups (broad SMARTS) is 1. The highest BCUT2D eigenvalue weighted by atomic mass is 16.5. The number of carboxylic acids is 1. The Balaban J connectivity index is 2.20. The number of rotatable bonds is 3. The van der Waals surface area contributed by atoms with Crippen molar-refractivity contribution in [3.63, 3.8) is 0 Å². The minimum Gasteiger partial charge on any atom is -0.497 e. The van der Waals surface area contributed by atoms with Crippen molar-refractivity contribution in [3.8, 4) is 5.75 Å². The molecule has 1 unspecified atom stereocenters. The average molecular weight is 292 g/mol. The Hall–Kier alpha value is -2.24. The minimum atomic E-state index is -1.08. The first-order chi connectivity index (χ1) is 10.0. The molecule has 0 bridgehead atoms. The molecule has 1 aromatic rings. The Morgan fingerprint density at radius 2 is 2.14 bits per heavy atom. The predicted molar refractivity (Wildman–Crippen MR) is 79.0 cm³/mol. The van der Waals surface area contributed by atoms with Gasteiger partial charge in [0.15, 0.2) is 0 Å². The maximum absolute atomic E-state index is 12.3. The highest BCUT2D eigenvalue weighted by Crippen LogP contribution is 2.24. The number of benzene rings is 1. The van der Waals surface area contributed by atoms with Crippen LogP contribution in [0.15, 0.2) is 18.2 Å². The van der Waals surface area contributed by atoms with Crippen LogP contribution < -0.4 is 10.1 Å². The molecule has 6 nitrogen and oxygen atoms in total. The summed E-state index contributed by atoms with van der Waals surface area (Å²) in [5.41, 5.74) is 0.304. The summed E-state index contributed by atoms with van der Waals surface area (Å²) in [6.45, 7) is 2.70. The van der Waals surface area contributed by atoms with Crippen LogP contribution in [-0.2, 0) is 0 Å². The third kappa shape index (κ3) is 3.45. The fourth-order valence-corrected chi connectivity index (χ4v) is 2.53. The number of carbonyl (C=O) groups excluding carboxylic acids is 1. The van der Waals surface area contributed by atoms with Gasteiger partial charge < -0.3 is 20.1 Å². The molecule has 1 aromatic carbocycles. The number of likely N-dealkylation sites (tertiary alicyclic amines) is 1. The van der Waals surface area contributed by atoms with E-state index in [0.717, 1.165) is 19.3 Å².